The summed E-state index contributed by atoms with van der Waals surface area (Å²) in [5, 5.41) is 12.6. The van der Waals surface area contributed by atoms with E-state index >= 15 is 0 Å². The van der Waals surface area contributed by atoms with Gasteiger partial charge in [-0.2, -0.15) is 4.98 Å². The van der Waals surface area contributed by atoms with E-state index in [1.165, 1.54) is 23.9 Å². The fourth-order valence-electron chi connectivity index (χ4n) is 1.23. The minimum Gasteiger partial charge on any atom is -0.394 e. The van der Waals surface area contributed by atoms with Crippen LogP contribution >= 0.6 is 11.8 Å². The van der Waals surface area contributed by atoms with Gasteiger partial charge in [-0.3, -0.25) is 0 Å². The molecule has 0 radical (unpaired) electrons. The minimum atomic E-state index is -0.651. The second-order valence-electron chi connectivity index (χ2n) is 3.58. The van der Waals surface area contributed by atoms with Crippen molar-refractivity contribution >= 4 is 11.8 Å². The third-order valence-electron chi connectivity index (χ3n) is 2.18. The van der Waals surface area contributed by atoms with Crippen LogP contribution in [0.15, 0.2) is 33.7 Å². The highest BCUT2D eigenvalue weighted by Gasteiger charge is 2.13. The third-order valence-corrected chi connectivity index (χ3v) is 3.19. The molecule has 0 bridgehead atoms. The highest BCUT2D eigenvalue weighted by molar-refractivity contribution is 7.98. The van der Waals surface area contributed by atoms with E-state index in [9.17, 15) is 4.39 Å². The molecule has 1 aromatic heterocycles. The van der Waals surface area contributed by atoms with E-state index in [1.807, 2.05) is 0 Å². The second-order valence-corrected chi connectivity index (χ2v) is 4.63. The number of aliphatic hydroxyl groups excluding tert-OH is 1. The molecule has 18 heavy (non-hydrogen) atoms. The number of hydrogen-bond donors (Lipinski definition) is 2. The number of thioether (sulfide) groups is 1. The maximum atomic E-state index is 12.7. The van der Waals surface area contributed by atoms with E-state index in [-0.39, 0.29) is 18.3 Å². The van der Waals surface area contributed by atoms with Crippen molar-refractivity contribution in [3.05, 3.63) is 41.8 Å². The van der Waals surface area contributed by atoms with E-state index < -0.39 is 6.04 Å². The van der Waals surface area contributed by atoms with E-state index in [0.717, 1.165) is 4.90 Å². The van der Waals surface area contributed by atoms with Crippen LogP contribution in [0.1, 0.15) is 17.8 Å². The lowest BCUT2D eigenvalue weighted by Gasteiger charge is -1.99. The van der Waals surface area contributed by atoms with Gasteiger partial charge in [-0.05, 0) is 24.3 Å². The molecule has 0 aliphatic heterocycles. The van der Waals surface area contributed by atoms with Gasteiger partial charge >= 0.3 is 0 Å². The van der Waals surface area contributed by atoms with Crippen LogP contribution < -0.4 is 5.73 Å². The summed E-state index contributed by atoms with van der Waals surface area (Å²) >= 11 is 1.46. The van der Waals surface area contributed by atoms with Gasteiger partial charge in [0.1, 0.15) is 11.9 Å². The van der Waals surface area contributed by atoms with Crippen LogP contribution in [-0.4, -0.2) is 21.9 Å². The maximum Gasteiger partial charge on any atom is 0.245 e. The highest BCUT2D eigenvalue weighted by Crippen LogP contribution is 2.22. The van der Waals surface area contributed by atoms with Gasteiger partial charge in [-0.25, -0.2) is 4.39 Å². The van der Waals surface area contributed by atoms with Crippen LogP contribution in [-0.2, 0) is 5.75 Å². The van der Waals surface area contributed by atoms with E-state index in [4.69, 9.17) is 15.4 Å². The van der Waals surface area contributed by atoms with Crippen LogP contribution in [0.2, 0.25) is 0 Å². The molecular weight excluding hydrogens is 257 g/mol. The molecule has 2 rings (SSSR count). The summed E-state index contributed by atoms with van der Waals surface area (Å²) in [5.41, 5.74) is 5.54. The quantitative estimate of drug-likeness (QED) is 0.800. The lowest BCUT2D eigenvalue weighted by atomic mass is 10.3. The fraction of sp³-hybridized carbons (Fsp3) is 0.273. The Hall–Kier alpha value is -1.44. The third kappa shape index (κ3) is 3.28. The van der Waals surface area contributed by atoms with Gasteiger partial charge in [-0.1, -0.05) is 5.16 Å². The Balaban J connectivity index is 1.94. The van der Waals surface area contributed by atoms with E-state index in [1.54, 1.807) is 12.1 Å². The molecule has 0 amide bonds. The first-order chi connectivity index (χ1) is 8.69. The number of nitrogens with two attached hydrogens (primary N) is 1. The lowest BCUT2D eigenvalue weighted by molar-refractivity contribution is 0.236. The molecule has 1 unspecified atom stereocenters. The van der Waals surface area contributed by atoms with Crippen LogP contribution in [0.4, 0.5) is 4.39 Å². The molecule has 1 atom stereocenters. The average Bonchev–Trinajstić information content (AvgIpc) is 2.86. The van der Waals surface area contributed by atoms with Gasteiger partial charge in [-0.15, -0.1) is 11.8 Å². The molecule has 0 saturated heterocycles. The molecule has 0 aliphatic carbocycles. The number of halogens is 1. The van der Waals surface area contributed by atoms with Gasteiger partial charge in [0.25, 0.3) is 0 Å². The predicted molar refractivity (Wildman–Crippen MR) is 64.3 cm³/mol. The minimum absolute atomic E-state index is 0.215. The Morgan fingerprint density at radius 2 is 2.11 bits per heavy atom. The van der Waals surface area contributed by atoms with Crippen molar-refractivity contribution in [2.45, 2.75) is 16.7 Å². The van der Waals surface area contributed by atoms with Gasteiger partial charge in [0.15, 0.2) is 5.82 Å². The zero-order chi connectivity index (χ0) is 13.0. The molecule has 5 nitrogen and oxygen atoms in total. The van der Waals surface area contributed by atoms with Gasteiger partial charge in [0.05, 0.1) is 12.4 Å². The predicted octanol–water partition coefficient (Wildman–Crippen LogP) is 1.49. The number of nitrogens with zero attached hydrogens (tertiary/aromatic N) is 2. The largest absolute Gasteiger partial charge is 0.394 e. The summed E-state index contributed by atoms with van der Waals surface area (Å²) in [6.07, 6.45) is 0. The summed E-state index contributed by atoms with van der Waals surface area (Å²) < 4.78 is 17.6. The Morgan fingerprint density at radius 1 is 1.39 bits per heavy atom. The van der Waals surface area contributed by atoms with Gasteiger partial charge in [0.2, 0.25) is 5.89 Å². The van der Waals surface area contributed by atoms with Crippen LogP contribution in [0.5, 0.6) is 0 Å². The molecule has 3 N–H and O–H groups in total. The van der Waals surface area contributed by atoms with Crippen LogP contribution in [0, 0.1) is 5.82 Å². The van der Waals surface area contributed by atoms with Crippen LogP contribution in [0.25, 0.3) is 0 Å². The highest BCUT2D eigenvalue weighted by atomic mass is 32.2. The smallest absolute Gasteiger partial charge is 0.245 e. The second kappa shape index (κ2) is 5.94. The summed E-state index contributed by atoms with van der Waals surface area (Å²) in [7, 11) is 0. The van der Waals surface area contributed by atoms with E-state index in [0.29, 0.717) is 11.6 Å². The summed E-state index contributed by atoms with van der Waals surface area (Å²) in [6, 6.07) is 5.50. The molecule has 0 fully saturated rings. The molecular formula is C11H12FN3O2S. The Morgan fingerprint density at radius 3 is 2.78 bits per heavy atom. The topological polar surface area (TPSA) is 85.2 Å². The first kappa shape index (κ1) is 13.0. The first-order valence-electron chi connectivity index (χ1n) is 5.26. The lowest BCUT2D eigenvalue weighted by Crippen LogP contribution is -2.14. The van der Waals surface area contributed by atoms with Crippen molar-refractivity contribution in [2.75, 3.05) is 6.61 Å². The summed E-state index contributed by atoms with van der Waals surface area (Å²) in [6.45, 7) is -0.243. The SMILES string of the molecule is NC(CO)c1nc(CSc2ccc(F)cc2)no1. The molecule has 1 heterocycles. The molecule has 96 valence electrons. The van der Waals surface area contributed by atoms with Crippen molar-refractivity contribution in [1.82, 2.24) is 10.1 Å². The molecule has 7 heteroatoms. The molecule has 1 aromatic carbocycles. The Kier molecular flexibility index (Phi) is 4.29. The monoisotopic (exact) mass is 269 g/mol. The zero-order valence-electron chi connectivity index (χ0n) is 9.41. The van der Waals surface area contributed by atoms with Crippen molar-refractivity contribution in [1.29, 1.82) is 0 Å². The van der Waals surface area contributed by atoms with Gasteiger partial charge in [0, 0.05) is 4.90 Å². The molecule has 2 aromatic rings. The normalized spacial score (nSPS) is 12.6. The molecule has 0 spiro atoms. The fourth-order valence-corrected chi connectivity index (χ4v) is 1.98. The van der Waals surface area contributed by atoms with Crippen molar-refractivity contribution < 1.29 is 14.0 Å². The Bertz CT molecular complexity index is 503. The van der Waals surface area contributed by atoms with Gasteiger partial charge < -0.3 is 15.4 Å². The zero-order valence-corrected chi connectivity index (χ0v) is 10.2. The molecule has 0 saturated carbocycles. The van der Waals surface area contributed by atoms with E-state index in [2.05, 4.69) is 10.1 Å². The summed E-state index contributed by atoms with van der Waals surface area (Å²) in [4.78, 5) is 4.97. The number of benzene rings is 1. The number of aliphatic hydroxyl groups is 1. The Labute approximate surface area is 107 Å². The number of rotatable bonds is 5. The first-order valence-corrected chi connectivity index (χ1v) is 6.25. The van der Waals surface area contributed by atoms with Crippen molar-refractivity contribution in [3.8, 4) is 0 Å². The summed E-state index contributed by atoms with van der Waals surface area (Å²) in [5.74, 6) is 0.929. The maximum absolute atomic E-state index is 12.7. The standard InChI is InChI=1S/C11H12FN3O2S/c12-7-1-3-8(4-2-7)18-6-10-14-11(17-15-10)9(13)5-16/h1-4,9,16H,5-6,13H2. The van der Waals surface area contributed by atoms with Crippen molar-refractivity contribution in [3.63, 3.8) is 0 Å². The van der Waals surface area contributed by atoms with Crippen LogP contribution in [0.3, 0.4) is 0 Å². The number of hydrogen-bond acceptors (Lipinski definition) is 6. The van der Waals surface area contributed by atoms with Crippen molar-refractivity contribution in [2.24, 2.45) is 5.73 Å². The molecule has 0 aliphatic rings. The average molecular weight is 269 g/mol. The number of aromatic nitrogens is 2.